The second-order valence-electron chi connectivity index (χ2n) is 2.67. The molecule has 0 aliphatic heterocycles. The van der Waals surface area contributed by atoms with Crippen LogP contribution in [0.1, 0.15) is 19.0 Å². The van der Waals surface area contributed by atoms with Crippen molar-refractivity contribution in [3.05, 3.63) is 24.0 Å². The Morgan fingerprint density at radius 1 is 1.54 bits per heavy atom. The minimum absolute atomic E-state index is 0.0862. The van der Waals surface area contributed by atoms with Crippen LogP contribution in [0.4, 0.5) is 0 Å². The number of rotatable bonds is 3. The Kier molecular flexibility index (Phi) is 3.00. The Morgan fingerprint density at radius 3 is 2.77 bits per heavy atom. The molecule has 0 saturated carbocycles. The van der Waals surface area contributed by atoms with E-state index in [0.29, 0.717) is 12.1 Å². The van der Waals surface area contributed by atoms with Gasteiger partial charge in [-0.05, 0) is 18.6 Å². The van der Waals surface area contributed by atoms with E-state index in [1.54, 1.807) is 0 Å². The van der Waals surface area contributed by atoms with Crippen LogP contribution >= 0.6 is 0 Å². The Morgan fingerprint density at radius 2 is 2.23 bits per heavy atom. The van der Waals surface area contributed by atoms with Crippen LogP contribution in [0.15, 0.2) is 23.2 Å². The lowest BCUT2D eigenvalue weighted by Gasteiger charge is -2.02. The number of hydrogen-bond acceptors (Lipinski definition) is 3. The van der Waals surface area contributed by atoms with Crippen molar-refractivity contribution in [1.82, 2.24) is 4.98 Å². The molecule has 0 atom stereocenters. The van der Waals surface area contributed by atoms with Gasteiger partial charge in [-0.2, -0.15) is 8.42 Å². The third-order valence-corrected chi connectivity index (χ3v) is 2.54. The fourth-order valence-electron chi connectivity index (χ4n) is 1.08. The first-order chi connectivity index (χ1) is 6.05. The van der Waals surface area contributed by atoms with Crippen molar-refractivity contribution < 1.29 is 13.0 Å². The predicted molar refractivity (Wildman–Crippen MR) is 48.0 cm³/mol. The van der Waals surface area contributed by atoms with E-state index >= 15 is 0 Å². The van der Waals surface area contributed by atoms with Crippen molar-refractivity contribution in [2.75, 3.05) is 0 Å². The number of pyridine rings is 1. The molecular formula is C8H11NO3S. The van der Waals surface area contributed by atoms with Gasteiger partial charge in [-0.3, -0.25) is 9.54 Å². The lowest BCUT2D eigenvalue weighted by atomic mass is 10.2. The van der Waals surface area contributed by atoms with Gasteiger partial charge in [-0.15, -0.1) is 0 Å². The summed E-state index contributed by atoms with van der Waals surface area (Å²) in [7, 11) is -4.12. The second-order valence-corrected chi connectivity index (χ2v) is 4.06. The molecule has 0 saturated heterocycles. The van der Waals surface area contributed by atoms with E-state index in [1.807, 2.05) is 6.92 Å². The molecule has 0 spiro atoms. The van der Waals surface area contributed by atoms with Crippen LogP contribution in [-0.2, 0) is 16.5 Å². The zero-order valence-corrected chi connectivity index (χ0v) is 8.08. The van der Waals surface area contributed by atoms with Crippen molar-refractivity contribution in [3.8, 4) is 0 Å². The molecule has 0 amide bonds. The van der Waals surface area contributed by atoms with Crippen LogP contribution in [0.5, 0.6) is 0 Å². The van der Waals surface area contributed by atoms with Crippen molar-refractivity contribution in [2.45, 2.75) is 24.7 Å². The van der Waals surface area contributed by atoms with Crippen LogP contribution < -0.4 is 0 Å². The zero-order valence-electron chi connectivity index (χ0n) is 7.27. The summed E-state index contributed by atoms with van der Waals surface area (Å²) in [5.41, 5.74) is 0.424. The molecule has 1 aromatic rings. The van der Waals surface area contributed by atoms with Crippen molar-refractivity contribution in [2.24, 2.45) is 0 Å². The van der Waals surface area contributed by atoms with Crippen molar-refractivity contribution in [1.29, 1.82) is 0 Å². The summed E-state index contributed by atoms with van der Waals surface area (Å²) in [6, 6.07) is 2.84. The quantitative estimate of drug-likeness (QED) is 0.748. The van der Waals surface area contributed by atoms with E-state index in [0.717, 1.165) is 6.42 Å². The minimum Gasteiger partial charge on any atom is -0.282 e. The Bertz CT molecular complexity index is 386. The third-order valence-electron chi connectivity index (χ3n) is 1.61. The average molecular weight is 201 g/mol. The molecule has 13 heavy (non-hydrogen) atoms. The highest BCUT2D eigenvalue weighted by molar-refractivity contribution is 7.85. The normalized spacial score (nSPS) is 11.5. The molecule has 0 radical (unpaired) electrons. The maximum absolute atomic E-state index is 10.8. The SMILES string of the molecule is CCCc1ncccc1S(=O)(=O)O. The molecule has 72 valence electrons. The van der Waals surface area contributed by atoms with Crippen LogP contribution in [0.25, 0.3) is 0 Å². The van der Waals surface area contributed by atoms with E-state index in [2.05, 4.69) is 4.98 Å². The van der Waals surface area contributed by atoms with Gasteiger partial charge in [0.15, 0.2) is 0 Å². The minimum atomic E-state index is -4.12. The summed E-state index contributed by atoms with van der Waals surface area (Å²) >= 11 is 0. The second kappa shape index (κ2) is 3.85. The molecule has 1 rings (SSSR count). The molecule has 1 aromatic heterocycles. The van der Waals surface area contributed by atoms with E-state index in [-0.39, 0.29) is 4.90 Å². The van der Waals surface area contributed by atoms with Crippen molar-refractivity contribution in [3.63, 3.8) is 0 Å². The molecule has 1 N–H and O–H groups in total. The van der Waals surface area contributed by atoms with Gasteiger partial charge in [-0.1, -0.05) is 13.3 Å². The van der Waals surface area contributed by atoms with Gasteiger partial charge in [0.25, 0.3) is 10.1 Å². The molecule has 0 aliphatic carbocycles. The van der Waals surface area contributed by atoms with Gasteiger partial charge < -0.3 is 0 Å². The molecule has 0 aromatic carbocycles. The van der Waals surface area contributed by atoms with Crippen LogP contribution in [0, 0.1) is 0 Å². The summed E-state index contributed by atoms with van der Waals surface area (Å²) in [5, 5.41) is 0. The summed E-state index contributed by atoms with van der Waals surface area (Å²) in [5.74, 6) is 0. The number of nitrogens with zero attached hydrogens (tertiary/aromatic N) is 1. The number of aryl methyl sites for hydroxylation is 1. The fraction of sp³-hybridized carbons (Fsp3) is 0.375. The van der Waals surface area contributed by atoms with Gasteiger partial charge in [0.05, 0.1) is 5.69 Å². The largest absolute Gasteiger partial charge is 0.296 e. The highest BCUT2D eigenvalue weighted by atomic mass is 32.2. The zero-order chi connectivity index (χ0) is 9.90. The summed E-state index contributed by atoms with van der Waals surface area (Å²) in [6.07, 6.45) is 2.86. The molecule has 0 bridgehead atoms. The summed E-state index contributed by atoms with van der Waals surface area (Å²) < 4.78 is 30.5. The van der Waals surface area contributed by atoms with Crippen LogP contribution in [-0.4, -0.2) is 18.0 Å². The molecule has 0 unspecified atom stereocenters. The van der Waals surface area contributed by atoms with Gasteiger partial charge in [-0.25, -0.2) is 0 Å². The van der Waals surface area contributed by atoms with Crippen LogP contribution in [0.3, 0.4) is 0 Å². The Labute approximate surface area is 77.4 Å². The third kappa shape index (κ3) is 2.50. The first kappa shape index (κ1) is 10.1. The predicted octanol–water partition coefficient (Wildman–Crippen LogP) is 1.28. The maximum Gasteiger partial charge on any atom is 0.296 e. The Balaban J connectivity index is 3.20. The topological polar surface area (TPSA) is 67.3 Å². The smallest absolute Gasteiger partial charge is 0.282 e. The lowest BCUT2D eigenvalue weighted by molar-refractivity contribution is 0.481. The average Bonchev–Trinajstić information content (AvgIpc) is 2.04. The summed E-state index contributed by atoms with van der Waals surface area (Å²) in [4.78, 5) is 3.81. The highest BCUT2D eigenvalue weighted by Gasteiger charge is 2.14. The van der Waals surface area contributed by atoms with Gasteiger partial charge >= 0.3 is 0 Å². The molecular weight excluding hydrogens is 190 g/mol. The molecule has 0 aliphatic rings. The van der Waals surface area contributed by atoms with E-state index < -0.39 is 10.1 Å². The maximum atomic E-state index is 10.8. The first-order valence-corrected chi connectivity index (χ1v) is 5.41. The lowest BCUT2D eigenvalue weighted by Crippen LogP contribution is -2.04. The first-order valence-electron chi connectivity index (χ1n) is 3.97. The molecule has 5 heteroatoms. The standard InChI is InChI=1S/C8H11NO3S/c1-2-4-7-8(13(10,11)12)5-3-6-9-7/h3,5-6H,2,4H2,1H3,(H,10,11,12). The fourth-order valence-corrected chi connectivity index (χ4v) is 1.79. The van der Waals surface area contributed by atoms with Gasteiger partial charge in [0.2, 0.25) is 0 Å². The number of hydrogen-bond donors (Lipinski definition) is 1. The Hall–Kier alpha value is -0.940. The van der Waals surface area contributed by atoms with E-state index in [4.69, 9.17) is 4.55 Å². The van der Waals surface area contributed by atoms with Crippen molar-refractivity contribution >= 4 is 10.1 Å². The van der Waals surface area contributed by atoms with Gasteiger partial charge in [0.1, 0.15) is 4.90 Å². The van der Waals surface area contributed by atoms with E-state index in [9.17, 15) is 8.42 Å². The molecule has 4 nitrogen and oxygen atoms in total. The number of aromatic nitrogens is 1. The molecule has 1 heterocycles. The van der Waals surface area contributed by atoms with E-state index in [1.165, 1.54) is 18.3 Å². The monoisotopic (exact) mass is 201 g/mol. The summed E-state index contributed by atoms with van der Waals surface area (Å²) in [6.45, 7) is 1.92. The van der Waals surface area contributed by atoms with Gasteiger partial charge in [0, 0.05) is 6.20 Å². The van der Waals surface area contributed by atoms with Crippen LogP contribution in [0.2, 0.25) is 0 Å². The molecule has 0 fully saturated rings. The highest BCUT2D eigenvalue weighted by Crippen LogP contribution is 2.13.